The predicted octanol–water partition coefficient (Wildman–Crippen LogP) is 3.25. The SMILES string of the molecule is Cn1nc(Cl)c2cccc(C(F)(F)F)c21. The van der Waals surface area contributed by atoms with E-state index in [9.17, 15) is 13.2 Å². The molecule has 1 aromatic heterocycles. The summed E-state index contributed by atoms with van der Waals surface area (Å²) in [5, 5.41) is 4.14. The number of para-hydroxylation sites is 1. The van der Waals surface area contributed by atoms with Crippen LogP contribution in [0.1, 0.15) is 5.56 Å². The molecule has 2 nitrogen and oxygen atoms in total. The first kappa shape index (κ1) is 10.3. The van der Waals surface area contributed by atoms with Crippen molar-refractivity contribution in [3.63, 3.8) is 0 Å². The molecule has 2 rings (SSSR count). The van der Waals surface area contributed by atoms with Crippen LogP contribution in [0.4, 0.5) is 13.2 Å². The van der Waals surface area contributed by atoms with Gasteiger partial charge in [0.05, 0.1) is 11.1 Å². The summed E-state index contributed by atoms with van der Waals surface area (Å²) < 4.78 is 39.0. The second-order valence-electron chi connectivity index (χ2n) is 3.11. The van der Waals surface area contributed by atoms with Crippen LogP contribution in [0.5, 0.6) is 0 Å². The Morgan fingerprint density at radius 3 is 2.60 bits per heavy atom. The van der Waals surface area contributed by atoms with Crippen molar-refractivity contribution in [2.45, 2.75) is 6.18 Å². The lowest BCUT2D eigenvalue weighted by molar-refractivity contribution is -0.136. The molecular weight excluding hydrogens is 229 g/mol. The number of alkyl halides is 3. The Balaban J connectivity index is 2.87. The fourth-order valence-corrected chi connectivity index (χ4v) is 1.79. The highest BCUT2D eigenvalue weighted by Crippen LogP contribution is 2.36. The van der Waals surface area contributed by atoms with E-state index >= 15 is 0 Å². The first-order valence-electron chi connectivity index (χ1n) is 4.09. The van der Waals surface area contributed by atoms with Crippen LogP contribution in [0, 0.1) is 0 Å². The normalized spacial score (nSPS) is 12.3. The summed E-state index contributed by atoms with van der Waals surface area (Å²) in [5.41, 5.74) is -0.711. The van der Waals surface area contributed by atoms with E-state index in [2.05, 4.69) is 5.10 Å². The van der Waals surface area contributed by atoms with E-state index in [4.69, 9.17) is 11.6 Å². The van der Waals surface area contributed by atoms with Crippen molar-refractivity contribution in [3.05, 3.63) is 28.9 Å². The summed E-state index contributed by atoms with van der Waals surface area (Å²) in [5.74, 6) is 0. The van der Waals surface area contributed by atoms with Gasteiger partial charge in [0.15, 0.2) is 5.15 Å². The number of hydrogen-bond acceptors (Lipinski definition) is 1. The highest BCUT2D eigenvalue weighted by Gasteiger charge is 2.34. The van der Waals surface area contributed by atoms with Gasteiger partial charge in [-0.3, -0.25) is 4.68 Å². The van der Waals surface area contributed by atoms with Gasteiger partial charge in [0.2, 0.25) is 0 Å². The predicted molar refractivity (Wildman–Crippen MR) is 50.7 cm³/mol. The molecule has 2 aromatic rings. The Hall–Kier alpha value is -1.23. The number of rotatable bonds is 0. The average Bonchev–Trinajstić information content (AvgIpc) is 2.41. The van der Waals surface area contributed by atoms with Crippen molar-refractivity contribution < 1.29 is 13.2 Å². The molecule has 1 heterocycles. The highest BCUT2D eigenvalue weighted by atomic mass is 35.5. The lowest BCUT2D eigenvalue weighted by Gasteiger charge is -2.08. The molecule has 0 saturated heterocycles. The molecule has 0 aliphatic rings. The maximum Gasteiger partial charge on any atom is 0.418 e. The molecule has 6 heteroatoms. The van der Waals surface area contributed by atoms with Gasteiger partial charge in [-0.05, 0) is 12.1 Å². The molecular formula is C9H6ClF3N2. The lowest BCUT2D eigenvalue weighted by atomic mass is 10.1. The maximum atomic E-state index is 12.6. The zero-order valence-electron chi connectivity index (χ0n) is 7.64. The quantitative estimate of drug-likeness (QED) is 0.684. The van der Waals surface area contributed by atoms with E-state index in [1.165, 1.54) is 19.2 Å². The van der Waals surface area contributed by atoms with E-state index in [1.54, 1.807) is 0 Å². The number of hydrogen-bond donors (Lipinski definition) is 0. The molecule has 1 aromatic carbocycles. The van der Waals surface area contributed by atoms with Crippen molar-refractivity contribution in [2.75, 3.05) is 0 Å². The topological polar surface area (TPSA) is 17.8 Å². The summed E-state index contributed by atoms with van der Waals surface area (Å²) in [7, 11) is 1.43. The maximum absolute atomic E-state index is 12.6. The van der Waals surface area contributed by atoms with Crippen molar-refractivity contribution in [1.29, 1.82) is 0 Å². The lowest BCUT2D eigenvalue weighted by Crippen LogP contribution is -2.07. The molecule has 0 atom stereocenters. The second kappa shape index (κ2) is 3.13. The molecule has 0 spiro atoms. The average molecular weight is 235 g/mol. The van der Waals surface area contributed by atoms with Crippen molar-refractivity contribution in [2.24, 2.45) is 7.05 Å². The van der Waals surface area contributed by atoms with Gasteiger partial charge in [-0.15, -0.1) is 0 Å². The van der Waals surface area contributed by atoms with Gasteiger partial charge in [0.1, 0.15) is 0 Å². The number of benzene rings is 1. The van der Waals surface area contributed by atoms with E-state index in [0.717, 1.165) is 10.7 Å². The molecule has 80 valence electrons. The largest absolute Gasteiger partial charge is 0.418 e. The third-order valence-electron chi connectivity index (χ3n) is 2.13. The molecule has 0 amide bonds. The minimum atomic E-state index is -4.39. The number of aromatic nitrogens is 2. The van der Waals surface area contributed by atoms with Crippen LogP contribution in [0.25, 0.3) is 10.9 Å². The van der Waals surface area contributed by atoms with Gasteiger partial charge in [-0.25, -0.2) is 0 Å². The van der Waals surface area contributed by atoms with Gasteiger partial charge < -0.3 is 0 Å². The summed E-state index contributed by atoms with van der Waals surface area (Å²) in [4.78, 5) is 0. The van der Waals surface area contributed by atoms with E-state index in [-0.39, 0.29) is 10.7 Å². The monoisotopic (exact) mass is 234 g/mol. The van der Waals surface area contributed by atoms with Gasteiger partial charge in [0, 0.05) is 12.4 Å². The standard InChI is InChI=1S/C9H6ClF3N2/c1-15-7-5(8(10)14-15)3-2-4-6(7)9(11,12)13/h2-4H,1H3. The molecule has 0 fully saturated rings. The van der Waals surface area contributed by atoms with Crippen LogP contribution >= 0.6 is 11.6 Å². The Labute approximate surface area is 88.3 Å². The van der Waals surface area contributed by atoms with E-state index in [0.29, 0.717) is 5.39 Å². The minimum absolute atomic E-state index is 0.00926. The Kier molecular flexibility index (Phi) is 2.15. The minimum Gasteiger partial charge on any atom is -0.266 e. The fourth-order valence-electron chi connectivity index (χ4n) is 1.52. The zero-order chi connectivity index (χ0) is 11.2. The van der Waals surface area contributed by atoms with Crippen LogP contribution in [-0.2, 0) is 13.2 Å². The molecule has 0 aliphatic heterocycles. The summed E-state index contributed by atoms with van der Waals surface area (Å²) in [6.07, 6.45) is -4.39. The van der Waals surface area contributed by atoms with Crippen LogP contribution in [0.3, 0.4) is 0 Å². The number of nitrogens with zero attached hydrogens (tertiary/aromatic N) is 2. The summed E-state index contributed by atoms with van der Waals surface area (Å²) >= 11 is 5.70. The van der Waals surface area contributed by atoms with Crippen LogP contribution < -0.4 is 0 Å². The summed E-state index contributed by atoms with van der Waals surface area (Å²) in [6.45, 7) is 0. The van der Waals surface area contributed by atoms with Gasteiger partial charge in [-0.1, -0.05) is 17.7 Å². The smallest absolute Gasteiger partial charge is 0.266 e. The molecule has 0 saturated carbocycles. The molecule has 0 bridgehead atoms. The van der Waals surface area contributed by atoms with Crippen LogP contribution in [0.15, 0.2) is 18.2 Å². The van der Waals surface area contributed by atoms with Crippen molar-refractivity contribution in [3.8, 4) is 0 Å². The third-order valence-corrected chi connectivity index (χ3v) is 2.40. The van der Waals surface area contributed by atoms with E-state index < -0.39 is 11.7 Å². The van der Waals surface area contributed by atoms with Crippen LogP contribution in [-0.4, -0.2) is 9.78 Å². The third kappa shape index (κ3) is 1.56. The Bertz CT molecular complexity index is 516. The first-order chi connectivity index (χ1) is 6.91. The van der Waals surface area contributed by atoms with Gasteiger partial charge in [-0.2, -0.15) is 18.3 Å². The molecule has 0 N–H and O–H groups in total. The molecule has 15 heavy (non-hydrogen) atoms. The molecule has 0 unspecified atom stereocenters. The Morgan fingerprint density at radius 2 is 2.00 bits per heavy atom. The van der Waals surface area contributed by atoms with Gasteiger partial charge >= 0.3 is 6.18 Å². The van der Waals surface area contributed by atoms with Gasteiger partial charge in [0.25, 0.3) is 0 Å². The number of aryl methyl sites for hydroxylation is 1. The second-order valence-corrected chi connectivity index (χ2v) is 3.47. The Morgan fingerprint density at radius 1 is 1.33 bits per heavy atom. The van der Waals surface area contributed by atoms with Crippen molar-refractivity contribution >= 4 is 22.5 Å². The molecule has 0 radical (unpaired) electrons. The number of halogens is 4. The molecule has 0 aliphatic carbocycles. The summed E-state index contributed by atoms with van der Waals surface area (Å²) in [6, 6.07) is 3.85. The first-order valence-corrected chi connectivity index (χ1v) is 4.47. The van der Waals surface area contributed by atoms with Crippen molar-refractivity contribution in [1.82, 2.24) is 9.78 Å². The highest BCUT2D eigenvalue weighted by molar-refractivity contribution is 6.34. The number of fused-ring (bicyclic) bond motifs is 1. The zero-order valence-corrected chi connectivity index (χ0v) is 8.39. The van der Waals surface area contributed by atoms with E-state index in [1.807, 2.05) is 0 Å². The van der Waals surface area contributed by atoms with Crippen LogP contribution in [0.2, 0.25) is 5.15 Å². The fraction of sp³-hybridized carbons (Fsp3) is 0.222.